The predicted octanol–water partition coefficient (Wildman–Crippen LogP) is 1.47. The highest BCUT2D eigenvalue weighted by Crippen LogP contribution is 2.10. The standard InChI is InChI=1S/C16H20N4O3/c21-16(17-10-14-12-22-8-9-23-14)19-15-6-7-18-20(15)11-13-4-2-1-3-5-13/h1-7,14H,8-12H2,(H2,17,19,21)/t14-/m0/s1. The maximum absolute atomic E-state index is 12.0. The Morgan fingerprint density at radius 1 is 1.26 bits per heavy atom. The van der Waals surface area contributed by atoms with E-state index in [2.05, 4.69) is 15.7 Å². The fourth-order valence-corrected chi connectivity index (χ4v) is 2.34. The van der Waals surface area contributed by atoms with Crippen molar-refractivity contribution in [3.05, 3.63) is 48.2 Å². The summed E-state index contributed by atoms with van der Waals surface area (Å²) in [4.78, 5) is 12.0. The number of amides is 2. The molecule has 0 spiro atoms. The van der Waals surface area contributed by atoms with Crippen molar-refractivity contribution < 1.29 is 14.3 Å². The molecule has 2 aromatic rings. The second-order valence-corrected chi connectivity index (χ2v) is 5.26. The number of nitrogens with one attached hydrogen (secondary N) is 2. The molecular formula is C16H20N4O3. The summed E-state index contributed by atoms with van der Waals surface area (Å²) >= 11 is 0. The van der Waals surface area contributed by atoms with E-state index in [4.69, 9.17) is 9.47 Å². The van der Waals surface area contributed by atoms with Crippen LogP contribution in [0.2, 0.25) is 0 Å². The number of anilines is 1. The Kier molecular flexibility index (Phi) is 5.23. The lowest BCUT2D eigenvalue weighted by molar-refractivity contribution is -0.0852. The first-order valence-corrected chi connectivity index (χ1v) is 7.61. The normalized spacial score (nSPS) is 17.7. The average Bonchev–Trinajstić information content (AvgIpc) is 3.02. The lowest BCUT2D eigenvalue weighted by Crippen LogP contribution is -2.41. The van der Waals surface area contributed by atoms with E-state index in [9.17, 15) is 4.79 Å². The quantitative estimate of drug-likeness (QED) is 0.876. The largest absolute Gasteiger partial charge is 0.376 e. The van der Waals surface area contributed by atoms with Gasteiger partial charge in [0.2, 0.25) is 0 Å². The van der Waals surface area contributed by atoms with Gasteiger partial charge in [-0.3, -0.25) is 5.32 Å². The number of carbonyl (C=O) groups is 1. The summed E-state index contributed by atoms with van der Waals surface area (Å²) in [6.45, 7) is 2.70. The molecule has 1 aromatic heterocycles. The molecule has 2 amide bonds. The van der Waals surface area contributed by atoms with Crippen molar-refractivity contribution >= 4 is 11.8 Å². The van der Waals surface area contributed by atoms with E-state index in [1.807, 2.05) is 30.3 Å². The fraction of sp³-hybridized carbons (Fsp3) is 0.375. The van der Waals surface area contributed by atoms with Crippen LogP contribution in [0, 0.1) is 0 Å². The van der Waals surface area contributed by atoms with Crippen molar-refractivity contribution in [2.24, 2.45) is 0 Å². The summed E-state index contributed by atoms with van der Waals surface area (Å²) in [6, 6.07) is 11.4. The van der Waals surface area contributed by atoms with Crippen LogP contribution in [0.5, 0.6) is 0 Å². The Hall–Kier alpha value is -2.38. The molecule has 7 heteroatoms. The Bertz CT molecular complexity index is 623. The van der Waals surface area contributed by atoms with Crippen LogP contribution >= 0.6 is 0 Å². The second kappa shape index (κ2) is 7.75. The molecule has 0 bridgehead atoms. The number of nitrogens with zero attached hydrogens (tertiary/aromatic N) is 2. The summed E-state index contributed by atoms with van der Waals surface area (Å²) in [6.07, 6.45) is 1.57. The molecule has 1 aliphatic rings. The van der Waals surface area contributed by atoms with Crippen LogP contribution in [0.15, 0.2) is 42.6 Å². The second-order valence-electron chi connectivity index (χ2n) is 5.26. The van der Waals surface area contributed by atoms with Gasteiger partial charge in [0.15, 0.2) is 0 Å². The topological polar surface area (TPSA) is 77.4 Å². The monoisotopic (exact) mass is 316 g/mol. The molecule has 122 valence electrons. The van der Waals surface area contributed by atoms with Crippen LogP contribution in [0.4, 0.5) is 10.6 Å². The zero-order chi connectivity index (χ0) is 15.9. The highest BCUT2D eigenvalue weighted by atomic mass is 16.6. The molecule has 1 aliphatic heterocycles. The summed E-state index contributed by atoms with van der Waals surface area (Å²) in [5, 5.41) is 9.83. The lowest BCUT2D eigenvalue weighted by Gasteiger charge is -2.23. The zero-order valence-corrected chi connectivity index (χ0v) is 12.8. The van der Waals surface area contributed by atoms with Crippen molar-refractivity contribution in [2.75, 3.05) is 31.7 Å². The van der Waals surface area contributed by atoms with Crippen molar-refractivity contribution in [3.8, 4) is 0 Å². The summed E-state index contributed by atoms with van der Waals surface area (Å²) < 4.78 is 12.5. The molecule has 0 saturated carbocycles. The van der Waals surface area contributed by atoms with Crippen molar-refractivity contribution in [3.63, 3.8) is 0 Å². The number of aromatic nitrogens is 2. The average molecular weight is 316 g/mol. The van der Waals surface area contributed by atoms with Crippen LogP contribution in [0.3, 0.4) is 0 Å². The van der Waals surface area contributed by atoms with Crippen molar-refractivity contribution in [1.82, 2.24) is 15.1 Å². The van der Waals surface area contributed by atoms with Gasteiger partial charge in [-0.1, -0.05) is 30.3 Å². The third-order valence-electron chi connectivity index (χ3n) is 3.51. The van der Waals surface area contributed by atoms with Gasteiger partial charge in [-0.2, -0.15) is 5.10 Å². The summed E-state index contributed by atoms with van der Waals surface area (Å²) in [5.41, 5.74) is 1.12. The van der Waals surface area contributed by atoms with Crippen LogP contribution in [0.1, 0.15) is 5.56 Å². The van der Waals surface area contributed by atoms with Crippen molar-refractivity contribution in [2.45, 2.75) is 12.6 Å². The number of urea groups is 1. The summed E-state index contributed by atoms with van der Waals surface area (Å²) in [5.74, 6) is 0.646. The first-order chi connectivity index (χ1) is 11.3. The van der Waals surface area contributed by atoms with E-state index in [1.54, 1.807) is 16.9 Å². The number of benzene rings is 1. The maximum Gasteiger partial charge on any atom is 0.320 e. The molecule has 1 atom stereocenters. The fourth-order valence-electron chi connectivity index (χ4n) is 2.34. The molecule has 0 aliphatic carbocycles. The van der Waals surface area contributed by atoms with E-state index in [0.717, 1.165) is 5.56 Å². The molecule has 0 unspecified atom stereocenters. The molecule has 23 heavy (non-hydrogen) atoms. The van der Waals surface area contributed by atoms with Gasteiger partial charge in [0.25, 0.3) is 0 Å². The van der Waals surface area contributed by atoms with Crippen LogP contribution in [-0.2, 0) is 16.0 Å². The van der Waals surface area contributed by atoms with Gasteiger partial charge in [0, 0.05) is 12.6 Å². The minimum absolute atomic E-state index is 0.0938. The van der Waals surface area contributed by atoms with E-state index in [-0.39, 0.29) is 12.1 Å². The number of rotatable bonds is 5. The zero-order valence-electron chi connectivity index (χ0n) is 12.8. The Balaban J connectivity index is 1.51. The first-order valence-electron chi connectivity index (χ1n) is 7.61. The number of hydrogen-bond donors (Lipinski definition) is 2. The minimum Gasteiger partial charge on any atom is -0.376 e. The third kappa shape index (κ3) is 4.54. The highest BCUT2D eigenvalue weighted by Gasteiger charge is 2.15. The van der Waals surface area contributed by atoms with Crippen LogP contribution < -0.4 is 10.6 Å². The molecule has 0 radical (unpaired) electrons. The van der Waals surface area contributed by atoms with Gasteiger partial charge in [-0.15, -0.1) is 0 Å². The molecule has 2 N–H and O–H groups in total. The third-order valence-corrected chi connectivity index (χ3v) is 3.51. The van der Waals surface area contributed by atoms with E-state index >= 15 is 0 Å². The molecule has 1 fully saturated rings. The number of ether oxygens (including phenoxy) is 2. The molecule has 3 rings (SSSR count). The Morgan fingerprint density at radius 3 is 2.91 bits per heavy atom. The number of carbonyl (C=O) groups excluding carboxylic acids is 1. The minimum atomic E-state index is -0.283. The van der Waals surface area contributed by atoms with E-state index in [1.165, 1.54) is 0 Å². The molecule has 1 saturated heterocycles. The van der Waals surface area contributed by atoms with Gasteiger partial charge < -0.3 is 14.8 Å². The van der Waals surface area contributed by atoms with Crippen LogP contribution in [0.25, 0.3) is 0 Å². The summed E-state index contributed by atoms with van der Waals surface area (Å²) in [7, 11) is 0. The SMILES string of the molecule is O=C(NC[C@H]1COCCO1)Nc1ccnn1Cc1ccccc1. The van der Waals surface area contributed by atoms with Gasteiger partial charge in [0.05, 0.1) is 38.7 Å². The lowest BCUT2D eigenvalue weighted by atomic mass is 10.2. The van der Waals surface area contributed by atoms with Gasteiger partial charge in [0.1, 0.15) is 5.82 Å². The predicted molar refractivity (Wildman–Crippen MR) is 85.4 cm³/mol. The Labute approximate surface area is 134 Å². The van der Waals surface area contributed by atoms with Crippen molar-refractivity contribution in [1.29, 1.82) is 0 Å². The van der Waals surface area contributed by atoms with Crippen LogP contribution in [-0.4, -0.2) is 48.3 Å². The molecular weight excluding hydrogens is 296 g/mol. The first kappa shape index (κ1) is 15.5. The van der Waals surface area contributed by atoms with Gasteiger partial charge in [-0.25, -0.2) is 9.48 Å². The van der Waals surface area contributed by atoms with Gasteiger partial charge in [-0.05, 0) is 5.56 Å². The number of hydrogen-bond acceptors (Lipinski definition) is 4. The molecule has 2 heterocycles. The van der Waals surface area contributed by atoms with Gasteiger partial charge >= 0.3 is 6.03 Å². The Morgan fingerprint density at radius 2 is 2.13 bits per heavy atom. The van der Waals surface area contributed by atoms with E-state index in [0.29, 0.717) is 38.7 Å². The molecule has 1 aromatic carbocycles. The highest BCUT2D eigenvalue weighted by molar-refractivity contribution is 5.88. The van der Waals surface area contributed by atoms with E-state index < -0.39 is 0 Å². The maximum atomic E-state index is 12.0. The molecule has 7 nitrogen and oxygen atoms in total. The smallest absolute Gasteiger partial charge is 0.320 e.